The molecule has 0 unspecified atom stereocenters. The molecule has 0 aliphatic heterocycles. The Morgan fingerprint density at radius 2 is 1.95 bits per heavy atom. The Labute approximate surface area is 123 Å². The van der Waals surface area contributed by atoms with Crippen LogP contribution in [-0.2, 0) is 6.54 Å². The fraction of sp³-hybridized carbons (Fsp3) is 0.250. The molecule has 4 heteroatoms. The van der Waals surface area contributed by atoms with Crippen LogP contribution in [0.3, 0.4) is 0 Å². The summed E-state index contributed by atoms with van der Waals surface area (Å²) in [7, 11) is 1.67. The Morgan fingerprint density at radius 3 is 2.60 bits per heavy atom. The first-order valence-corrected chi connectivity index (χ1v) is 6.72. The summed E-state index contributed by atoms with van der Waals surface area (Å²) in [6.07, 6.45) is 0. The third-order valence-corrected chi connectivity index (χ3v) is 3.56. The summed E-state index contributed by atoms with van der Waals surface area (Å²) in [5.41, 5.74) is 4.07. The smallest absolute Gasteiger partial charge is 0.141 e. The number of nitrogens with one attached hydrogen (secondary N) is 1. The van der Waals surface area contributed by atoms with Crippen LogP contribution in [0.25, 0.3) is 0 Å². The Hall–Kier alpha value is -1.74. The molecule has 0 aliphatic carbocycles. The molecule has 0 aliphatic rings. The van der Waals surface area contributed by atoms with E-state index in [1.807, 2.05) is 26.0 Å². The molecule has 0 saturated carbocycles. The summed E-state index contributed by atoms with van der Waals surface area (Å²) in [6, 6.07) is 8.74. The van der Waals surface area contributed by atoms with Crippen molar-refractivity contribution in [3.05, 3.63) is 57.9 Å². The van der Waals surface area contributed by atoms with E-state index in [0.29, 0.717) is 6.54 Å². The van der Waals surface area contributed by atoms with Gasteiger partial charge in [0.2, 0.25) is 0 Å². The number of halogens is 2. The maximum atomic E-state index is 13.1. The summed E-state index contributed by atoms with van der Waals surface area (Å²) in [5.74, 6) is 0.482. The molecule has 106 valence electrons. The fourth-order valence-electron chi connectivity index (χ4n) is 2.18. The van der Waals surface area contributed by atoms with Gasteiger partial charge in [-0.05, 0) is 43.2 Å². The van der Waals surface area contributed by atoms with Crippen LogP contribution in [0, 0.1) is 19.7 Å². The Kier molecular flexibility index (Phi) is 4.50. The van der Waals surface area contributed by atoms with Crippen molar-refractivity contribution < 1.29 is 9.13 Å². The molecule has 0 heterocycles. The van der Waals surface area contributed by atoms with Crippen LogP contribution in [-0.4, -0.2) is 7.11 Å². The number of methoxy groups -OCH3 is 1. The molecule has 0 radical (unpaired) electrons. The normalized spacial score (nSPS) is 10.4. The minimum atomic E-state index is -0.399. The van der Waals surface area contributed by atoms with Crippen molar-refractivity contribution in [2.24, 2.45) is 0 Å². The second-order valence-corrected chi connectivity index (χ2v) is 5.10. The number of hydrogen-bond acceptors (Lipinski definition) is 2. The van der Waals surface area contributed by atoms with Crippen LogP contribution in [0.4, 0.5) is 10.1 Å². The summed E-state index contributed by atoms with van der Waals surface area (Å²) < 4.78 is 18.5. The zero-order chi connectivity index (χ0) is 14.7. The largest absolute Gasteiger partial charge is 0.496 e. The molecule has 0 aromatic heterocycles. The number of anilines is 1. The maximum Gasteiger partial charge on any atom is 0.141 e. The first kappa shape index (κ1) is 14.7. The molecule has 0 saturated heterocycles. The molecular weight excluding hydrogens is 277 g/mol. The number of rotatable bonds is 4. The lowest BCUT2D eigenvalue weighted by Gasteiger charge is -2.15. The molecule has 0 amide bonds. The van der Waals surface area contributed by atoms with Crippen molar-refractivity contribution in [2.75, 3.05) is 12.4 Å². The molecule has 2 aromatic rings. The zero-order valence-electron chi connectivity index (χ0n) is 11.8. The van der Waals surface area contributed by atoms with E-state index in [1.165, 1.54) is 6.07 Å². The van der Waals surface area contributed by atoms with Gasteiger partial charge in [-0.15, -0.1) is 0 Å². The molecule has 2 nitrogen and oxygen atoms in total. The summed E-state index contributed by atoms with van der Waals surface area (Å²) >= 11 is 5.77. The van der Waals surface area contributed by atoms with Gasteiger partial charge in [0.25, 0.3) is 0 Å². The van der Waals surface area contributed by atoms with Gasteiger partial charge < -0.3 is 10.1 Å². The van der Waals surface area contributed by atoms with E-state index in [0.717, 1.165) is 28.1 Å². The van der Waals surface area contributed by atoms with Gasteiger partial charge in [-0.2, -0.15) is 0 Å². The van der Waals surface area contributed by atoms with E-state index >= 15 is 0 Å². The molecule has 0 spiro atoms. The maximum absolute atomic E-state index is 13.1. The molecule has 0 bridgehead atoms. The number of benzene rings is 2. The second kappa shape index (κ2) is 6.14. The van der Waals surface area contributed by atoms with Gasteiger partial charge in [0.1, 0.15) is 11.6 Å². The highest BCUT2D eigenvalue weighted by Crippen LogP contribution is 2.29. The van der Waals surface area contributed by atoms with Crippen LogP contribution < -0.4 is 10.1 Å². The third kappa shape index (κ3) is 3.05. The summed E-state index contributed by atoms with van der Waals surface area (Å²) in [5, 5.41) is 3.46. The van der Waals surface area contributed by atoms with Crippen molar-refractivity contribution >= 4 is 17.3 Å². The summed E-state index contributed by atoms with van der Waals surface area (Å²) in [4.78, 5) is 0. The first-order chi connectivity index (χ1) is 9.52. The number of ether oxygens (including phenoxy) is 1. The number of hydrogen-bond donors (Lipinski definition) is 1. The predicted octanol–water partition coefficient (Wildman–Crippen LogP) is 4.72. The second-order valence-electron chi connectivity index (χ2n) is 4.69. The van der Waals surface area contributed by atoms with E-state index in [4.69, 9.17) is 16.3 Å². The van der Waals surface area contributed by atoms with Crippen LogP contribution >= 0.6 is 11.6 Å². The van der Waals surface area contributed by atoms with Gasteiger partial charge in [-0.25, -0.2) is 4.39 Å². The molecule has 2 aromatic carbocycles. The fourth-order valence-corrected chi connectivity index (χ4v) is 2.38. The van der Waals surface area contributed by atoms with E-state index in [-0.39, 0.29) is 5.02 Å². The standard InChI is InChI=1S/C16H17ClFNO/c1-10-4-7-15(11(2)16(10)20-3)19-9-12-5-6-14(18)13(17)8-12/h4-8,19H,9H2,1-3H3. The van der Waals surface area contributed by atoms with Crippen LogP contribution in [0.1, 0.15) is 16.7 Å². The lowest BCUT2D eigenvalue weighted by Crippen LogP contribution is -2.03. The molecule has 1 N–H and O–H groups in total. The quantitative estimate of drug-likeness (QED) is 0.881. The average molecular weight is 294 g/mol. The Balaban J connectivity index is 2.16. The Bertz CT molecular complexity index is 628. The van der Waals surface area contributed by atoms with Crippen molar-refractivity contribution in [1.82, 2.24) is 0 Å². The van der Waals surface area contributed by atoms with Gasteiger partial charge in [0.15, 0.2) is 0 Å². The lowest BCUT2D eigenvalue weighted by molar-refractivity contribution is 0.409. The SMILES string of the molecule is COc1c(C)ccc(NCc2ccc(F)c(Cl)c2)c1C. The van der Waals surface area contributed by atoms with Crippen molar-refractivity contribution in [1.29, 1.82) is 0 Å². The van der Waals surface area contributed by atoms with E-state index in [9.17, 15) is 4.39 Å². The lowest BCUT2D eigenvalue weighted by atomic mass is 10.1. The van der Waals surface area contributed by atoms with Gasteiger partial charge >= 0.3 is 0 Å². The highest BCUT2D eigenvalue weighted by molar-refractivity contribution is 6.30. The van der Waals surface area contributed by atoms with Gasteiger partial charge in [0.05, 0.1) is 12.1 Å². The topological polar surface area (TPSA) is 21.3 Å². The zero-order valence-corrected chi connectivity index (χ0v) is 12.5. The average Bonchev–Trinajstić information content (AvgIpc) is 2.42. The van der Waals surface area contributed by atoms with Gasteiger partial charge in [0, 0.05) is 17.8 Å². The van der Waals surface area contributed by atoms with Crippen LogP contribution in [0.2, 0.25) is 5.02 Å². The van der Waals surface area contributed by atoms with Crippen LogP contribution in [0.15, 0.2) is 30.3 Å². The molecule has 20 heavy (non-hydrogen) atoms. The number of aryl methyl sites for hydroxylation is 1. The van der Waals surface area contributed by atoms with E-state index in [1.54, 1.807) is 19.2 Å². The summed E-state index contributed by atoms with van der Waals surface area (Å²) in [6.45, 7) is 4.59. The van der Waals surface area contributed by atoms with Crippen molar-refractivity contribution in [2.45, 2.75) is 20.4 Å². The molecule has 0 fully saturated rings. The Morgan fingerprint density at radius 1 is 1.20 bits per heavy atom. The highest BCUT2D eigenvalue weighted by Gasteiger charge is 2.08. The minimum Gasteiger partial charge on any atom is -0.496 e. The molecule has 0 atom stereocenters. The minimum absolute atomic E-state index is 0.141. The van der Waals surface area contributed by atoms with E-state index in [2.05, 4.69) is 5.32 Å². The first-order valence-electron chi connectivity index (χ1n) is 6.35. The predicted molar refractivity (Wildman–Crippen MR) is 81.2 cm³/mol. The monoisotopic (exact) mass is 293 g/mol. The van der Waals surface area contributed by atoms with Crippen molar-refractivity contribution in [3.8, 4) is 5.75 Å². The molecular formula is C16H17ClFNO. The van der Waals surface area contributed by atoms with Gasteiger partial charge in [-0.3, -0.25) is 0 Å². The highest BCUT2D eigenvalue weighted by atomic mass is 35.5. The van der Waals surface area contributed by atoms with Gasteiger partial charge in [-0.1, -0.05) is 23.7 Å². The molecule has 2 rings (SSSR count). The third-order valence-electron chi connectivity index (χ3n) is 3.27. The van der Waals surface area contributed by atoms with Crippen molar-refractivity contribution in [3.63, 3.8) is 0 Å². The van der Waals surface area contributed by atoms with E-state index < -0.39 is 5.82 Å². The van der Waals surface area contributed by atoms with Crippen LogP contribution in [0.5, 0.6) is 5.75 Å².